The SMILES string of the molecule is COc1cc(OCCC(=O)O)cc2c3c(C(=O)O)cccc3n(CC3CCCC3)c12. The standard InChI is InChI=1S/C23H25NO6/c1-29-19-12-15(30-10-9-20(25)26)11-17-21-16(23(27)28)7-4-8-18(21)24(22(17)19)13-14-5-2-3-6-14/h4,7-8,11-12,14H,2-3,5-6,9-10,13H2,1H3,(H,25,26)(H,27,28). The molecule has 0 radical (unpaired) electrons. The molecular weight excluding hydrogens is 386 g/mol. The van der Waals surface area contributed by atoms with Gasteiger partial charge in [-0.3, -0.25) is 4.79 Å². The number of carboxylic acid groups (broad SMARTS) is 2. The molecule has 1 aliphatic rings. The minimum atomic E-state index is -0.989. The Balaban J connectivity index is 1.93. The molecule has 30 heavy (non-hydrogen) atoms. The zero-order valence-electron chi connectivity index (χ0n) is 16.9. The molecule has 7 heteroatoms. The first-order valence-electron chi connectivity index (χ1n) is 10.2. The monoisotopic (exact) mass is 411 g/mol. The molecule has 158 valence electrons. The lowest BCUT2D eigenvalue weighted by Crippen LogP contribution is -2.08. The van der Waals surface area contributed by atoms with Crippen molar-refractivity contribution < 1.29 is 29.3 Å². The summed E-state index contributed by atoms with van der Waals surface area (Å²) in [6, 6.07) is 8.86. The van der Waals surface area contributed by atoms with E-state index in [2.05, 4.69) is 4.57 Å². The third-order valence-electron chi connectivity index (χ3n) is 5.87. The average molecular weight is 411 g/mol. The van der Waals surface area contributed by atoms with E-state index < -0.39 is 11.9 Å². The van der Waals surface area contributed by atoms with Crippen molar-refractivity contribution >= 4 is 33.7 Å². The Morgan fingerprint density at radius 1 is 1.17 bits per heavy atom. The molecule has 1 saturated carbocycles. The highest BCUT2D eigenvalue weighted by atomic mass is 16.5. The first-order valence-corrected chi connectivity index (χ1v) is 10.2. The van der Waals surface area contributed by atoms with Crippen LogP contribution in [0.15, 0.2) is 30.3 Å². The van der Waals surface area contributed by atoms with Crippen LogP contribution in [0.5, 0.6) is 11.5 Å². The summed E-state index contributed by atoms with van der Waals surface area (Å²) in [7, 11) is 1.57. The Kier molecular flexibility index (Phi) is 5.53. The number of fused-ring (bicyclic) bond motifs is 3. The summed E-state index contributed by atoms with van der Waals surface area (Å²) in [5.41, 5.74) is 1.93. The van der Waals surface area contributed by atoms with E-state index in [1.54, 1.807) is 31.4 Å². The minimum absolute atomic E-state index is 0.0243. The lowest BCUT2D eigenvalue weighted by molar-refractivity contribution is -0.137. The van der Waals surface area contributed by atoms with Gasteiger partial charge in [-0.1, -0.05) is 18.9 Å². The van der Waals surface area contributed by atoms with Crippen LogP contribution < -0.4 is 9.47 Å². The van der Waals surface area contributed by atoms with E-state index >= 15 is 0 Å². The van der Waals surface area contributed by atoms with Crippen molar-refractivity contribution in [3.63, 3.8) is 0 Å². The maximum absolute atomic E-state index is 12.0. The molecule has 1 fully saturated rings. The lowest BCUT2D eigenvalue weighted by atomic mass is 10.1. The summed E-state index contributed by atoms with van der Waals surface area (Å²) in [5, 5.41) is 20.1. The molecule has 2 N–H and O–H groups in total. The number of ether oxygens (including phenoxy) is 2. The Hall–Kier alpha value is -3.22. The molecule has 0 spiro atoms. The maximum atomic E-state index is 12.0. The van der Waals surface area contributed by atoms with Crippen LogP contribution in [0.25, 0.3) is 21.8 Å². The highest BCUT2D eigenvalue weighted by molar-refractivity contribution is 6.18. The maximum Gasteiger partial charge on any atom is 0.336 e. The lowest BCUT2D eigenvalue weighted by Gasteiger charge is -2.15. The third-order valence-corrected chi connectivity index (χ3v) is 5.87. The van der Waals surface area contributed by atoms with Crippen LogP contribution in [0.2, 0.25) is 0 Å². The van der Waals surface area contributed by atoms with Gasteiger partial charge in [0.1, 0.15) is 11.5 Å². The Bertz CT molecular complexity index is 1110. The number of hydrogen-bond donors (Lipinski definition) is 2. The van der Waals surface area contributed by atoms with Crippen LogP contribution in [-0.2, 0) is 11.3 Å². The summed E-state index contributed by atoms with van der Waals surface area (Å²) < 4.78 is 13.5. The summed E-state index contributed by atoms with van der Waals surface area (Å²) in [5.74, 6) is -0.335. The quantitative estimate of drug-likeness (QED) is 0.564. The Morgan fingerprint density at radius 3 is 2.60 bits per heavy atom. The first kappa shape index (κ1) is 20.1. The van der Waals surface area contributed by atoms with E-state index in [1.165, 1.54) is 25.7 Å². The van der Waals surface area contributed by atoms with E-state index in [4.69, 9.17) is 14.6 Å². The average Bonchev–Trinajstić information content (AvgIpc) is 3.34. The minimum Gasteiger partial charge on any atom is -0.494 e. The summed E-state index contributed by atoms with van der Waals surface area (Å²) >= 11 is 0. The van der Waals surface area contributed by atoms with Crippen LogP contribution >= 0.6 is 0 Å². The predicted molar refractivity (Wildman–Crippen MR) is 113 cm³/mol. The molecule has 0 unspecified atom stereocenters. The largest absolute Gasteiger partial charge is 0.494 e. The van der Waals surface area contributed by atoms with Crippen LogP contribution in [-0.4, -0.2) is 40.4 Å². The molecule has 0 atom stereocenters. The van der Waals surface area contributed by atoms with E-state index in [9.17, 15) is 14.7 Å². The second kappa shape index (κ2) is 8.26. The molecule has 0 aliphatic heterocycles. The molecule has 1 aromatic heterocycles. The Labute approximate surface area is 173 Å². The molecule has 4 rings (SSSR count). The van der Waals surface area contributed by atoms with Gasteiger partial charge in [-0.2, -0.15) is 0 Å². The van der Waals surface area contributed by atoms with E-state index in [0.29, 0.717) is 22.8 Å². The highest BCUT2D eigenvalue weighted by Crippen LogP contribution is 2.41. The van der Waals surface area contributed by atoms with E-state index in [0.717, 1.165) is 23.0 Å². The van der Waals surface area contributed by atoms with Gasteiger partial charge < -0.3 is 24.3 Å². The fraction of sp³-hybridized carbons (Fsp3) is 0.391. The van der Waals surface area contributed by atoms with Gasteiger partial charge in [0.25, 0.3) is 0 Å². The van der Waals surface area contributed by atoms with Crippen molar-refractivity contribution in [2.75, 3.05) is 13.7 Å². The Morgan fingerprint density at radius 2 is 1.93 bits per heavy atom. The zero-order chi connectivity index (χ0) is 21.3. The molecular formula is C23H25NO6. The topological polar surface area (TPSA) is 98.0 Å². The molecule has 2 aromatic carbocycles. The summed E-state index contributed by atoms with van der Waals surface area (Å²) in [6.45, 7) is 0.829. The van der Waals surface area contributed by atoms with Crippen molar-refractivity contribution in [1.29, 1.82) is 0 Å². The smallest absolute Gasteiger partial charge is 0.336 e. The number of hydrogen-bond acceptors (Lipinski definition) is 4. The number of rotatable bonds is 8. The van der Waals surface area contributed by atoms with Crippen LogP contribution in [0.3, 0.4) is 0 Å². The van der Waals surface area contributed by atoms with E-state index in [-0.39, 0.29) is 18.6 Å². The fourth-order valence-corrected chi connectivity index (χ4v) is 4.53. The number of carboxylic acids is 2. The van der Waals surface area contributed by atoms with Crippen molar-refractivity contribution in [1.82, 2.24) is 4.57 Å². The summed E-state index contributed by atoms with van der Waals surface area (Å²) in [6.07, 6.45) is 4.66. The number of carbonyl (C=O) groups is 2. The third kappa shape index (κ3) is 3.67. The molecule has 0 bridgehead atoms. The van der Waals surface area contributed by atoms with Gasteiger partial charge >= 0.3 is 11.9 Å². The van der Waals surface area contributed by atoms with Gasteiger partial charge in [-0.05, 0) is 37.0 Å². The number of aliphatic carboxylic acids is 1. The van der Waals surface area contributed by atoms with Crippen molar-refractivity contribution in [2.45, 2.75) is 38.6 Å². The van der Waals surface area contributed by atoms with Crippen molar-refractivity contribution in [3.8, 4) is 11.5 Å². The number of methoxy groups -OCH3 is 1. The molecule has 1 heterocycles. The molecule has 7 nitrogen and oxygen atoms in total. The fourth-order valence-electron chi connectivity index (χ4n) is 4.53. The first-order chi connectivity index (χ1) is 14.5. The van der Waals surface area contributed by atoms with Crippen LogP contribution in [0, 0.1) is 5.92 Å². The summed E-state index contributed by atoms with van der Waals surface area (Å²) in [4.78, 5) is 22.8. The van der Waals surface area contributed by atoms with Crippen LogP contribution in [0.1, 0.15) is 42.5 Å². The predicted octanol–water partition coefficient (Wildman–Crippen LogP) is 4.55. The van der Waals surface area contributed by atoms with Crippen molar-refractivity contribution in [3.05, 3.63) is 35.9 Å². The number of benzene rings is 2. The van der Waals surface area contributed by atoms with Gasteiger partial charge in [-0.15, -0.1) is 0 Å². The molecule has 1 aliphatic carbocycles. The number of nitrogens with zero attached hydrogens (tertiary/aromatic N) is 1. The normalized spacial score (nSPS) is 14.4. The second-order valence-electron chi connectivity index (χ2n) is 7.78. The van der Waals surface area contributed by atoms with Crippen molar-refractivity contribution in [2.24, 2.45) is 5.92 Å². The molecule has 0 amide bonds. The zero-order valence-corrected chi connectivity index (χ0v) is 16.9. The van der Waals surface area contributed by atoms with Gasteiger partial charge in [0.15, 0.2) is 0 Å². The second-order valence-corrected chi connectivity index (χ2v) is 7.78. The van der Waals surface area contributed by atoms with Gasteiger partial charge in [0, 0.05) is 23.4 Å². The van der Waals surface area contributed by atoms with Gasteiger partial charge in [0.05, 0.1) is 36.7 Å². The highest BCUT2D eigenvalue weighted by Gasteiger charge is 2.24. The number of aromatic carboxylic acids is 1. The molecule has 3 aromatic rings. The van der Waals surface area contributed by atoms with Gasteiger partial charge in [-0.25, -0.2) is 4.79 Å². The number of aromatic nitrogens is 1. The van der Waals surface area contributed by atoms with Gasteiger partial charge in [0.2, 0.25) is 0 Å². The van der Waals surface area contributed by atoms with E-state index in [1.807, 2.05) is 6.07 Å². The van der Waals surface area contributed by atoms with Crippen LogP contribution in [0.4, 0.5) is 0 Å². The molecule has 0 saturated heterocycles.